The summed E-state index contributed by atoms with van der Waals surface area (Å²) in [7, 11) is 1.90. The summed E-state index contributed by atoms with van der Waals surface area (Å²) in [4.78, 5) is 10.6. The fraction of sp³-hybridized carbons (Fsp3) is 0.538. The van der Waals surface area contributed by atoms with Crippen LogP contribution in [0.15, 0.2) is 5.38 Å². The van der Waals surface area contributed by atoms with Gasteiger partial charge in [0.1, 0.15) is 0 Å². The van der Waals surface area contributed by atoms with E-state index in [0.717, 1.165) is 22.9 Å². The van der Waals surface area contributed by atoms with Gasteiger partial charge < -0.3 is 5.32 Å². The molecule has 0 bridgehead atoms. The summed E-state index contributed by atoms with van der Waals surface area (Å²) in [6.45, 7) is 8.76. The number of hydrogen-bond acceptors (Lipinski definition) is 5. The predicted molar refractivity (Wildman–Crippen MR) is 80.8 cm³/mol. The minimum Gasteiger partial charge on any atom is -0.365 e. The number of anilines is 1. The number of hydrogen-bond donors (Lipinski definition) is 1. The van der Waals surface area contributed by atoms with Crippen LogP contribution < -0.4 is 5.32 Å². The molecule has 18 heavy (non-hydrogen) atoms. The minimum atomic E-state index is 0.0582. The average molecular weight is 281 g/mol. The lowest BCUT2D eigenvalue weighted by Crippen LogP contribution is -2.13. The maximum Gasteiger partial charge on any atom is 0.182 e. The van der Waals surface area contributed by atoms with Crippen LogP contribution in [0.4, 0.5) is 5.13 Å². The molecule has 0 saturated carbocycles. The molecule has 0 saturated heterocycles. The number of aromatic nitrogens is 2. The summed E-state index contributed by atoms with van der Waals surface area (Å²) in [5.74, 6) is 0. The number of thiazole rings is 2. The molecule has 0 amide bonds. The monoisotopic (exact) mass is 281 g/mol. The van der Waals surface area contributed by atoms with E-state index in [9.17, 15) is 0 Å². The fourth-order valence-electron chi connectivity index (χ4n) is 1.69. The van der Waals surface area contributed by atoms with Crippen LogP contribution in [0.3, 0.4) is 0 Å². The summed E-state index contributed by atoms with van der Waals surface area (Å²) in [5.41, 5.74) is 2.27. The molecule has 2 rings (SSSR count). The minimum absolute atomic E-state index is 0.0582. The Morgan fingerprint density at radius 3 is 2.50 bits per heavy atom. The van der Waals surface area contributed by atoms with Crippen LogP contribution in [0.5, 0.6) is 0 Å². The first kappa shape index (κ1) is 13.5. The van der Waals surface area contributed by atoms with Gasteiger partial charge in [-0.25, -0.2) is 9.97 Å². The number of nitrogens with one attached hydrogen (secondary N) is 1. The van der Waals surface area contributed by atoms with Crippen LogP contribution in [0.25, 0.3) is 10.6 Å². The molecule has 0 aliphatic rings. The highest BCUT2D eigenvalue weighted by Gasteiger charge is 2.24. The van der Waals surface area contributed by atoms with Crippen molar-refractivity contribution in [2.75, 3.05) is 12.4 Å². The van der Waals surface area contributed by atoms with Crippen LogP contribution in [0, 0.1) is 0 Å². The molecule has 1 N–H and O–H groups in total. The van der Waals surface area contributed by atoms with E-state index in [1.807, 2.05) is 7.05 Å². The van der Waals surface area contributed by atoms with E-state index < -0.39 is 0 Å². The third kappa shape index (κ3) is 2.57. The number of rotatable bonds is 3. The molecule has 2 aromatic rings. The summed E-state index contributed by atoms with van der Waals surface area (Å²) >= 11 is 3.41. The Balaban J connectivity index is 2.51. The SMILES string of the molecule is CCc1nc(C(C)(C)C)c(-c2csc(NC)n2)s1. The van der Waals surface area contributed by atoms with Gasteiger partial charge in [0.15, 0.2) is 5.13 Å². The van der Waals surface area contributed by atoms with Crippen LogP contribution in [0.2, 0.25) is 0 Å². The zero-order valence-electron chi connectivity index (χ0n) is 11.5. The van der Waals surface area contributed by atoms with Gasteiger partial charge in [0.2, 0.25) is 0 Å². The second-order valence-corrected chi connectivity index (χ2v) is 7.12. The van der Waals surface area contributed by atoms with E-state index in [4.69, 9.17) is 4.98 Å². The van der Waals surface area contributed by atoms with Crippen molar-refractivity contribution < 1.29 is 0 Å². The molecular formula is C13H19N3S2. The molecule has 0 radical (unpaired) electrons. The largest absolute Gasteiger partial charge is 0.365 e. The first-order chi connectivity index (χ1) is 8.45. The van der Waals surface area contributed by atoms with Crippen molar-refractivity contribution in [3.63, 3.8) is 0 Å². The highest BCUT2D eigenvalue weighted by molar-refractivity contribution is 7.16. The molecule has 0 aliphatic heterocycles. The van der Waals surface area contributed by atoms with Crippen molar-refractivity contribution in [2.45, 2.75) is 39.5 Å². The van der Waals surface area contributed by atoms with E-state index >= 15 is 0 Å². The third-order valence-electron chi connectivity index (χ3n) is 2.64. The average Bonchev–Trinajstić information content (AvgIpc) is 2.94. The van der Waals surface area contributed by atoms with Crippen LogP contribution in [-0.4, -0.2) is 17.0 Å². The van der Waals surface area contributed by atoms with Gasteiger partial charge in [-0.2, -0.15) is 0 Å². The Bertz CT molecular complexity index is 535. The second-order valence-electron chi connectivity index (χ2n) is 5.18. The van der Waals surface area contributed by atoms with Gasteiger partial charge in [-0.3, -0.25) is 0 Å². The molecule has 0 unspecified atom stereocenters. The summed E-state index contributed by atoms with van der Waals surface area (Å²) < 4.78 is 0. The molecule has 0 aromatic carbocycles. The Hall–Kier alpha value is -0.940. The van der Waals surface area contributed by atoms with Gasteiger partial charge in [-0.1, -0.05) is 27.7 Å². The molecule has 0 aliphatic carbocycles. The van der Waals surface area contributed by atoms with Gasteiger partial charge in [-0.15, -0.1) is 22.7 Å². The van der Waals surface area contributed by atoms with Crippen LogP contribution >= 0.6 is 22.7 Å². The van der Waals surface area contributed by atoms with Crippen molar-refractivity contribution in [1.82, 2.24) is 9.97 Å². The van der Waals surface area contributed by atoms with Crippen LogP contribution in [-0.2, 0) is 11.8 Å². The molecule has 0 atom stereocenters. The van der Waals surface area contributed by atoms with Crippen molar-refractivity contribution in [1.29, 1.82) is 0 Å². The summed E-state index contributed by atoms with van der Waals surface area (Å²) in [6.07, 6.45) is 0.983. The van der Waals surface area contributed by atoms with Gasteiger partial charge in [-0.05, 0) is 6.42 Å². The van der Waals surface area contributed by atoms with Gasteiger partial charge >= 0.3 is 0 Å². The first-order valence-electron chi connectivity index (χ1n) is 6.09. The molecule has 98 valence electrons. The molecule has 5 heteroatoms. The molecule has 2 aromatic heterocycles. The van der Waals surface area contributed by atoms with E-state index in [0.29, 0.717) is 0 Å². The summed E-state index contributed by atoms with van der Waals surface area (Å²) in [6, 6.07) is 0. The topological polar surface area (TPSA) is 37.8 Å². The van der Waals surface area contributed by atoms with E-state index in [1.54, 1.807) is 22.7 Å². The molecule has 3 nitrogen and oxygen atoms in total. The van der Waals surface area contributed by atoms with Crippen LogP contribution in [0.1, 0.15) is 38.4 Å². The summed E-state index contributed by atoms with van der Waals surface area (Å²) in [5, 5.41) is 7.34. The molecule has 0 fully saturated rings. The van der Waals surface area contributed by atoms with Crippen molar-refractivity contribution >= 4 is 27.8 Å². The normalized spacial score (nSPS) is 11.8. The maximum absolute atomic E-state index is 4.77. The fourth-order valence-corrected chi connectivity index (χ4v) is 3.60. The first-order valence-corrected chi connectivity index (χ1v) is 7.79. The van der Waals surface area contributed by atoms with E-state index in [2.05, 4.69) is 43.4 Å². The van der Waals surface area contributed by atoms with Crippen molar-refractivity contribution in [3.05, 3.63) is 16.1 Å². The van der Waals surface area contributed by atoms with E-state index in [1.165, 1.54) is 9.88 Å². The highest BCUT2D eigenvalue weighted by Crippen LogP contribution is 2.38. The second kappa shape index (κ2) is 4.97. The van der Waals surface area contributed by atoms with Gasteiger partial charge in [0.05, 0.1) is 21.3 Å². The Morgan fingerprint density at radius 2 is 2.00 bits per heavy atom. The number of aryl methyl sites for hydroxylation is 1. The molecular weight excluding hydrogens is 262 g/mol. The Labute approximate surface area is 116 Å². The van der Waals surface area contributed by atoms with Gasteiger partial charge in [0.25, 0.3) is 0 Å². The third-order valence-corrected chi connectivity index (χ3v) is 4.72. The Morgan fingerprint density at radius 1 is 1.28 bits per heavy atom. The quantitative estimate of drug-likeness (QED) is 0.917. The maximum atomic E-state index is 4.77. The standard InChI is InChI=1S/C13H19N3S2/c1-6-9-16-11(13(2,3)4)10(18-9)8-7-17-12(14-5)15-8/h7H,6H2,1-5H3,(H,14,15). The lowest BCUT2D eigenvalue weighted by atomic mass is 9.91. The van der Waals surface area contributed by atoms with Crippen molar-refractivity contribution in [2.24, 2.45) is 0 Å². The van der Waals surface area contributed by atoms with Gasteiger partial charge in [0, 0.05) is 17.8 Å². The smallest absolute Gasteiger partial charge is 0.182 e. The lowest BCUT2D eigenvalue weighted by molar-refractivity contribution is 0.572. The zero-order chi connectivity index (χ0) is 13.3. The van der Waals surface area contributed by atoms with Crippen molar-refractivity contribution in [3.8, 4) is 10.6 Å². The highest BCUT2D eigenvalue weighted by atomic mass is 32.1. The zero-order valence-corrected chi connectivity index (χ0v) is 13.1. The Kier molecular flexibility index (Phi) is 3.73. The van der Waals surface area contributed by atoms with E-state index in [-0.39, 0.29) is 5.41 Å². The molecule has 2 heterocycles. The molecule has 0 spiro atoms. The number of nitrogens with zero attached hydrogens (tertiary/aromatic N) is 2. The predicted octanol–water partition coefficient (Wildman–Crippen LogP) is 4.17. The lowest BCUT2D eigenvalue weighted by Gasteiger charge is -2.16.